The van der Waals surface area contributed by atoms with Crippen LogP contribution in [-0.2, 0) is 24.8 Å². The molecule has 144 valence electrons. The molecule has 0 bridgehead atoms. The van der Waals surface area contributed by atoms with E-state index in [-0.39, 0.29) is 16.9 Å². The predicted molar refractivity (Wildman–Crippen MR) is 103 cm³/mol. The molecule has 1 aromatic rings. The van der Waals surface area contributed by atoms with Crippen molar-refractivity contribution in [2.24, 2.45) is 5.41 Å². The van der Waals surface area contributed by atoms with E-state index in [9.17, 15) is 18.0 Å². The van der Waals surface area contributed by atoms with E-state index >= 15 is 0 Å². The first-order valence-electron chi connectivity index (χ1n) is 8.75. The van der Waals surface area contributed by atoms with E-state index in [0.29, 0.717) is 12.1 Å². The first-order valence-corrected chi connectivity index (χ1v) is 10.6. The fraction of sp³-hybridized carbons (Fsp3) is 0.579. The van der Waals surface area contributed by atoms with Crippen molar-refractivity contribution >= 4 is 27.3 Å². The van der Waals surface area contributed by atoms with Gasteiger partial charge in [0, 0.05) is 11.7 Å². The maximum atomic E-state index is 12.6. The Kier molecular flexibility index (Phi) is 5.52. The van der Waals surface area contributed by atoms with Gasteiger partial charge in [0.2, 0.25) is 11.8 Å². The molecule has 1 atom stereocenters. The number of sulfone groups is 1. The van der Waals surface area contributed by atoms with Crippen molar-refractivity contribution in [3.05, 3.63) is 29.8 Å². The molecule has 6 nitrogen and oxygen atoms in total. The maximum absolute atomic E-state index is 12.6. The summed E-state index contributed by atoms with van der Waals surface area (Å²) in [5.41, 5.74) is 0.473. The summed E-state index contributed by atoms with van der Waals surface area (Å²) in [4.78, 5) is 25.1. The van der Waals surface area contributed by atoms with Gasteiger partial charge >= 0.3 is 0 Å². The number of anilines is 1. The largest absolute Gasteiger partial charge is 0.351 e. The number of amides is 2. The molecule has 1 aliphatic rings. The second-order valence-corrected chi connectivity index (χ2v) is 10.7. The molecule has 2 N–H and O–H groups in total. The monoisotopic (exact) mass is 380 g/mol. The van der Waals surface area contributed by atoms with E-state index in [1.807, 2.05) is 24.3 Å². The van der Waals surface area contributed by atoms with Crippen LogP contribution in [-0.4, -0.2) is 37.8 Å². The summed E-state index contributed by atoms with van der Waals surface area (Å²) < 4.78 is 23.0. The molecular formula is C19H28N2O4S. The Morgan fingerprint density at radius 2 is 1.58 bits per heavy atom. The number of benzene rings is 1. The zero-order chi connectivity index (χ0) is 19.8. The van der Waals surface area contributed by atoms with Crippen LogP contribution in [0.1, 0.15) is 46.6 Å². The van der Waals surface area contributed by atoms with Crippen LogP contribution >= 0.6 is 0 Å². The van der Waals surface area contributed by atoms with Crippen LogP contribution in [0.4, 0.5) is 5.69 Å². The van der Waals surface area contributed by atoms with Crippen molar-refractivity contribution in [3.63, 3.8) is 0 Å². The molecule has 1 unspecified atom stereocenters. The molecule has 2 amide bonds. The Bertz CT molecular complexity index is 790. The molecular weight excluding hydrogens is 352 g/mol. The highest BCUT2D eigenvalue weighted by Crippen LogP contribution is 2.25. The van der Waals surface area contributed by atoms with Crippen LogP contribution in [0.15, 0.2) is 24.3 Å². The molecule has 7 heteroatoms. The van der Waals surface area contributed by atoms with E-state index in [1.54, 1.807) is 0 Å². The number of nitrogens with one attached hydrogen (secondary N) is 2. The van der Waals surface area contributed by atoms with Gasteiger partial charge < -0.3 is 10.6 Å². The Morgan fingerprint density at radius 3 is 2.04 bits per heavy atom. The minimum atomic E-state index is -3.09. The van der Waals surface area contributed by atoms with Crippen molar-refractivity contribution in [2.75, 3.05) is 16.8 Å². The number of carbonyl (C=O) groups excluding carboxylic acids is 2. The molecule has 1 aromatic carbocycles. The number of hydrogen-bond donors (Lipinski definition) is 2. The Labute approximate surface area is 155 Å². The minimum Gasteiger partial charge on any atom is -0.351 e. The summed E-state index contributed by atoms with van der Waals surface area (Å²) in [7, 11) is -3.09. The van der Waals surface area contributed by atoms with Gasteiger partial charge in [0.1, 0.15) is 5.41 Å². The molecule has 0 spiro atoms. The van der Waals surface area contributed by atoms with Crippen LogP contribution in [0.25, 0.3) is 0 Å². The van der Waals surface area contributed by atoms with E-state index in [0.717, 1.165) is 5.56 Å². The summed E-state index contributed by atoms with van der Waals surface area (Å²) in [5.74, 6) is -0.891. The number of carbonyl (C=O) groups is 2. The second-order valence-electron chi connectivity index (χ2n) is 8.48. The fourth-order valence-electron chi connectivity index (χ4n) is 2.72. The van der Waals surface area contributed by atoms with Gasteiger partial charge in [-0.1, -0.05) is 32.9 Å². The zero-order valence-electron chi connectivity index (χ0n) is 16.0. The summed E-state index contributed by atoms with van der Waals surface area (Å²) in [6.45, 7) is 9.39. The third-order valence-corrected chi connectivity index (χ3v) is 6.48. The summed E-state index contributed by atoms with van der Waals surface area (Å²) in [5, 5.41) is 5.46. The van der Waals surface area contributed by atoms with Gasteiger partial charge in [-0.25, -0.2) is 8.42 Å². The van der Waals surface area contributed by atoms with Crippen LogP contribution in [0.2, 0.25) is 0 Å². The van der Waals surface area contributed by atoms with Crippen molar-refractivity contribution in [2.45, 2.75) is 52.5 Å². The standard InChI is InChI=1S/C19H28N2O4S/c1-18(2,3)13-6-8-14(9-7-13)20-16(22)19(4,5)17(23)21-15-10-11-26(24,25)12-15/h6-9,15H,10-12H2,1-5H3,(H,20,22)(H,21,23). The van der Waals surface area contributed by atoms with E-state index in [1.165, 1.54) is 13.8 Å². The van der Waals surface area contributed by atoms with Crippen molar-refractivity contribution in [3.8, 4) is 0 Å². The molecule has 0 saturated carbocycles. The molecule has 1 saturated heterocycles. The maximum Gasteiger partial charge on any atom is 0.239 e. The van der Waals surface area contributed by atoms with E-state index in [2.05, 4.69) is 31.4 Å². The third-order valence-electron chi connectivity index (χ3n) is 4.71. The minimum absolute atomic E-state index is 0.0172. The van der Waals surface area contributed by atoms with Crippen LogP contribution in [0, 0.1) is 5.41 Å². The number of hydrogen-bond acceptors (Lipinski definition) is 4. The van der Waals surface area contributed by atoms with Gasteiger partial charge in [0.15, 0.2) is 9.84 Å². The average Bonchev–Trinajstić information content (AvgIpc) is 2.85. The topological polar surface area (TPSA) is 92.3 Å². The van der Waals surface area contributed by atoms with E-state index in [4.69, 9.17) is 0 Å². The lowest BCUT2D eigenvalue weighted by molar-refractivity contribution is -0.138. The zero-order valence-corrected chi connectivity index (χ0v) is 16.9. The van der Waals surface area contributed by atoms with Gasteiger partial charge in [-0.15, -0.1) is 0 Å². The van der Waals surface area contributed by atoms with Gasteiger partial charge in [0.25, 0.3) is 0 Å². The highest BCUT2D eigenvalue weighted by molar-refractivity contribution is 7.91. The summed E-state index contributed by atoms with van der Waals surface area (Å²) in [6, 6.07) is 7.11. The molecule has 2 rings (SSSR count). The smallest absolute Gasteiger partial charge is 0.239 e. The third kappa shape index (κ3) is 4.84. The van der Waals surface area contributed by atoms with Crippen LogP contribution in [0.5, 0.6) is 0 Å². The lowest BCUT2D eigenvalue weighted by Crippen LogP contribution is -2.48. The number of rotatable bonds is 4. The highest BCUT2D eigenvalue weighted by Gasteiger charge is 2.39. The molecule has 1 aliphatic heterocycles. The quantitative estimate of drug-likeness (QED) is 0.784. The predicted octanol–water partition coefficient (Wildman–Crippen LogP) is 2.25. The molecule has 0 radical (unpaired) electrons. The fourth-order valence-corrected chi connectivity index (χ4v) is 4.39. The normalized spacial score (nSPS) is 19.8. The molecule has 0 aromatic heterocycles. The Hall–Kier alpha value is -1.89. The molecule has 26 heavy (non-hydrogen) atoms. The average molecular weight is 381 g/mol. The van der Waals surface area contributed by atoms with Crippen LogP contribution in [0.3, 0.4) is 0 Å². The van der Waals surface area contributed by atoms with Crippen molar-refractivity contribution < 1.29 is 18.0 Å². The van der Waals surface area contributed by atoms with Gasteiger partial charge in [-0.2, -0.15) is 0 Å². The lowest BCUT2D eigenvalue weighted by atomic mass is 9.87. The second kappa shape index (κ2) is 7.02. The van der Waals surface area contributed by atoms with Crippen molar-refractivity contribution in [1.29, 1.82) is 0 Å². The van der Waals surface area contributed by atoms with Gasteiger partial charge in [-0.3, -0.25) is 9.59 Å². The van der Waals surface area contributed by atoms with E-state index < -0.39 is 33.1 Å². The summed E-state index contributed by atoms with van der Waals surface area (Å²) in [6.07, 6.45) is 0.389. The highest BCUT2D eigenvalue weighted by atomic mass is 32.2. The Morgan fingerprint density at radius 1 is 1.00 bits per heavy atom. The van der Waals surface area contributed by atoms with Gasteiger partial charge in [0.05, 0.1) is 11.5 Å². The first-order chi connectivity index (χ1) is 11.8. The van der Waals surface area contributed by atoms with Crippen LogP contribution < -0.4 is 10.6 Å². The lowest BCUT2D eigenvalue weighted by Gasteiger charge is -2.25. The van der Waals surface area contributed by atoms with Gasteiger partial charge in [-0.05, 0) is 43.4 Å². The summed E-state index contributed by atoms with van der Waals surface area (Å²) >= 11 is 0. The SMILES string of the molecule is CC(C)(C(=O)Nc1ccc(C(C)(C)C)cc1)C(=O)NC1CCS(=O)(=O)C1. The molecule has 1 fully saturated rings. The Balaban J connectivity index is 2.01. The van der Waals surface area contributed by atoms with Crippen molar-refractivity contribution in [1.82, 2.24) is 5.32 Å². The first kappa shape index (κ1) is 20.4. The molecule has 0 aliphatic carbocycles. The molecule has 1 heterocycles.